The molecule has 0 saturated heterocycles. The molecule has 3 aromatic rings. The quantitative estimate of drug-likeness (QED) is 0.762. The molecule has 19 heavy (non-hydrogen) atoms. The highest BCUT2D eigenvalue weighted by Gasteiger charge is 2.04. The van der Waals surface area contributed by atoms with Crippen LogP contribution in [-0.2, 0) is 0 Å². The highest BCUT2D eigenvalue weighted by atomic mass is 16.3. The molecule has 3 rings (SSSR count). The van der Waals surface area contributed by atoms with Crippen LogP contribution in [0.5, 0.6) is 0 Å². The van der Waals surface area contributed by atoms with Crippen molar-refractivity contribution in [2.45, 2.75) is 0 Å². The van der Waals surface area contributed by atoms with Gasteiger partial charge in [-0.15, -0.1) is 0 Å². The van der Waals surface area contributed by atoms with Crippen LogP contribution in [0.1, 0.15) is 0 Å². The SMILES string of the molecule is CNc1ccc(-c2cccc(-c3ncco3)c2)cc1. The monoisotopic (exact) mass is 250 g/mol. The van der Waals surface area contributed by atoms with E-state index in [1.165, 1.54) is 5.56 Å². The van der Waals surface area contributed by atoms with Gasteiger partial charge in [-0.25, -0.2) is 4.98 Å². The first-order valence-corrected chi connectivity index (χ1v) is 6.15. The molecular weight excluding hydrogens is 236 g/mol. The van der Waals surface area contributed by atoms with Crippen molar-refractivity contribution in [3.63, 3.8) is 0 Å². The predicted molar refractivity (Wildman–Crippen MR) is 76.9 cm³/mol. The molecule has 0 fully saturated rings. The van der Waals surface area contributed by atoms with Crippen LogP contribution in [0.15, 0.2) is 65.4 Å². The minimum Gasteiger partial charge on any atom is -0.445 e. The van der Waals surface area contributed by atoms with Crippen LogP contribution in [-0.4, -0.2) is 12.0 Å². The Morgan fingerprint density at radius 2 is 1.74 bits per heavy atom. The molecule has 0 saturated carbocycles. The molecule has 1 N–H and O–H groups in total. The first kappa shape index (κ1) is 11.5. The lowest BCUT2D eigenvalue weighted by Crippen LogP contribution is -1.87. The fourth-order valence-corrected chi connectivity index (χ4v) is 2.03. The average Bonchev–Trinajstić information content (AvgIpc) is 3.02. The standard InChI is InChI=1S/C16H14N2O/c1-17-15-7-5-12(6-8-15)13-3-2-4-14(11-13)16-18-9-10-19-16/h2-11,17H,1H3. The number of hydrogen-bond acceptors (Lipinski definition) is 3. The minimum atomic E-state index is 0.647. The van der Waals surface area contributed by atoms with Crippen LogP contribution in [0.25, 0.3) is 22.6 Å². The van der Waals surface area contributed by atoms with Gasteiger partial charge < -0.3 is 9.73 Å². The van der Waals surface area contributed by atoms with Gasteiger partial charge in [-0.05, 0) is 35.4 Å². The van der Waals surface area contributed by atoms with Gasteiger partial charge in [-0.2, -0.15) is 0 Å². The Bertz CT molecular complexity index is 657. The average molecular weight is 250 g/mol. The molecular formula is C16H14N2O. The van der Waals surface area contributed by atoms with Crippen molar-refractivity contribution in [3.8, 4) is 22.6 Å². The summed E-state index contributed by atoms with van der Waals surface area (Å²) in [6.45, 7) is 0. The van der Waals surface area contributed by atoms with Crippen molar-refractivity contribution in [1.82, 2.24) is 4.98 Å². The van der Waals surface area contributed by atoms with E-state index in [2.05, 4.69) is 46.7 Å². The van der Waals surface area contributed by atoms with Crippen molar-refractivity contribution in [2.75, 3.05) is 12.4 Å². The van der Waals surface area contributed by atoms with E-state index >= 15 is 0 Å². The largest absolute Gasteiger partial charge is 0.445 e. The third-order valence-corrected chi connectivity index (χ3v) is 3.05. The minimum absolute atomic E-state index is 0.647. The van der Waals surface area contributed by atoms with Crippen molar-refractivity contribution < 1.29 is 4.42 Å². The summed E-state index contributed by atoms with van der Waals surface area (Å²) in [4.78, 5) is 4.17. The maximum atomic E-state index is 5.33. The van der Waals surface area contributed by atoms with Crippen LogP contribution in [0.2, 0.25) is 0 Å². The second kappa shape index (κ2) is 4.98. The summed E-state index contributed by atoms with van der Waals surface area (Å²) in [5.41, 5.74) is 4.42. The number of rotatable bonds is 3. The molecule has 3 nitrogen and oxygen atoms in total. The predicted octanol–water partition coefficient (Wildman–Crippen LogP) is 4.05. The molecule has 3 heteroatoms. The summed E-state index contributed by atoms with van der Waals surface area (Å²) in [7, 11) is 1.91. The summed E-state index contributed by atoms with van der Waals surface area (Å²) >= 11 is 0. The third-order valence-electron chi connectivity index (χ3n) is 3.05. The molecule has 0 bridgehead atoms. The van der Waals surface area contributed by atoms with Crippen LogP contribution >= 0.6 is 0 Å². The van der Waals surface area contributed by atoms with Crippen LogP contribution in [0.4, 0.5) is 5.69 Å². The fourth-order valence-electron chi connectivity index (χ4n) is 2.03. The molecule has 0 spiro atoms. The Kier molecular flexibility index (Phi) is 3.02. The molecule has 1 heterocycles. The normalized spacial score (nSPS) is 10.4. The van der Waals surface area contributed by atoms with E-state index in [0.717, 1.165) is 16.8 Å². The molecule has 0 radical (unpaired) electrons. The van der Waals surface area contributed by atoms with E-state index in [4.69, 9.17) is 4.42 Å². The van der Waals surface area contributed by atoms with Crippen LogP contribution in [0, 0.1) is 0 Å². The van der Waals surface area contributed by atoms with E-state index in [1.54, 1.807) is 12.5 Å². The zero-order valence-corrected chi connectivity index (χ0v) is 10.6. The molecule has 2 aromatic carbocycles. The first-order chi connectivity index (χ1) is 9.36. The second-order valence-corrected chi connectivity index (χ2v) is 4.25. The van der Waals surface area contributed by atoms with Gasteiger partial charge in [0.05, 0.1) is 6.20 Å². The van der Waals surface area contributed by atoms with E-state index in [1.807, 2.05) is 19.2 Å². The van der Waals surface area contributed by atoms with Gasteiger partial charge in [-0.3, -0.25) is 0 Å². The van der Waals surface area contributed by atoms with E-state index < -0.39 is 0 Å². The Labute approximate surface area is 111 Å². The number of benzene rings is 2. The Hall–Kier alpha value is -2.55. The number of anilines is 1. The molecule has 0 amide bonds. The van der Waals surface area contributed by atoms with Crippen molar-refractivity contribution in [2.24, 2.45) is 0 Å². The topological polar surface area (TPSA) is 38.1 Å². The third kappa shape index (κ3) is 2.36. The van der Waals surface area contributed by atoms with Gasteiger partial charge in [0.15, 0.2) is 0 Å². The van der Waals surface area contributed by atoms with Gasteiger partial charge in [0.2, 0.25) is 5.89 Å². The second-order valence-electron chi connectivity index (χ2n) is 4.25. The lowest BCUT2D eigenvalue weighted by molar-refractivity contribution is 0.574. The lowest BCUT2D eigenvalue weighted by Gasteiger charge is -2.05. The summed E-state index contributed by atoms with van der Waals surface area (Å²) in [5.74, 6) is 0.647. The van der Waals surface area contributed by atoms with Gasteiger partial charge in [-0.1, -0.05) is 24.3 Å². The van der Waals surface area contributed by atoms with Gasteiger partial charge in [0.25, 0.3) is 0 Å². The molecule has 0 aliphatic rings. The molecule has 0 aliphatic carbocycles. The number of hydrogen-bond donors (Lipinski definition) is 1. The van der Waals surface area contributed by atoms with Crippen LogP contribution in [0.3, 0.4) is 0 Å². The van der Waals surface area contributed by atoms with Gasteiger partial charge in [0.1, 0.15) is 6.26 Å². The van der Waals surface area contributed by atoms with E-state index in [9.17, 15) is 0 Å². The molecule has 94 valence electrons. The Morgan fingerprint density at radius 3 is 2.42 bits per heavy atom. The van der Waals surface area contributed by atoms with Crippen LogP contribution < -0.4 is 5.32 Å². The molecule has 0 atom stereocenters. The Morgan fingerprint density at radius 1 is 0.947 bits per heavy atom. The molecule has 1 aromatic heterocycles. The molecule has 0 unspecified atom stereocenters. The zero-order valence-electron chi connectivity index (χ0n) is 10.6. The van der Waals surface area contributed by atoms with E-state index in [0.29, 0.717) is 5.89 Å². The fraction of sp³-hybridized carbons (Fsp3) is 0.0625. The maximum Gasteiger partial charge on any atom is 0.225 e. The highest BCUT2D eigenvalue weighted by Crippen LogP contribution is 2.26. The first-order valence-electron chi connectivity index (χ1n) is 6.15. The van der Waals surface area contributed by atoms with Crippen molar-refractivity contribution in [3.05, 3.63) is 61.0 Å². The highest BCUT2D eigenvalue weighted by molar-refractivity contribution is 5.71. The summed E-state index contributed by atoms with van der Waals surface area (Å²) in [6.07, 6.45) is 3.24. The number of aromatic nitrogens is 1. The van der Waals surface area contributed by atoms with Gasteiger partial charge in [0, 0.05) is 18.3 Å². The summed E-state index contributed by atoms with van der Waals surface area (Å²) < 4.78 is 5.33. The van der Waals surface area contributed by atoms with E-state index in [-0.39, 0.29) is 0 Å². The lowest BCUT2D eigenvalue weighted by atomic mass is 10.0. The number of oxazole rings is 1. The smallest absolute Gasteiger partial charge is 0.225 e. The zero-order chi connectivity index (χ0) is 13.1. The number of nitrogens with zero attached hydrogens (tertiary/aromatic N) is 1. The van der Waals surface area contributed by atoms with Gasteiger partial charge >= 0.3 is 0 Å². The Balaban J connectivity index is 1.98. The van der Waals surface area contributed by atoms with Crippen molar-refractivity contribution >= 4 is 5.69 Å². The summed E-state index contributed by atoms with van der Waals surface area (Å²) in [5, 5.41) is 3.11. The van der Waals surface area contributed by atoms with Crippen molar-refractivity contribution in [1.29, 1.82) is 0 Å². The number of nitrogens with one attached hydrogen (secondary N) is 1. The summed E-state index contributed by atoms with van der Waals surface area (Å²) in [6, 6.07) is 16.5. The molecule has 0 aliphatic heterocycles. The maximum absolute atomic E-state index is 5.33.